The number of para-hydroxylation sites is 1. The Hall–Kier alpha value is -2.90. The summed E-state index contributed by atoms with van der Waals surface area (Å²) in [6.07, 6.45) is 0.755. The van der Waals surface area contributed by atoms with E-state index in [2.05, 4.69) is 88.3 Å². The summed E-state index contributed by atoms with van der Waals surface area (Å²) in [6.45, 7) is 10.2. The van der Waals surface area contributed by atoms with Gasteiger partial charge in [-0.15, -0.1) is 5.10 Å². The summed E-state index contributed by atoms with van der Waals surface area (Å²) >= 11 is 1.55. The molecule has 7 heteroatoms. The molecule has 1 fully saturated rings. The summed E-state index contributed by atoms with van der Waals surface area (Å²) in [6, 6.07) is 19.5. The molecule has 2 aromatic carbocycles. The quantitative estimate of drug-likeness (QED) is 0.433. The van der Waals surface area contributed by atoms with Crippen LogP contribution in [0.15, 0.2) is 54.6 Å². The Morgan fingerprint density at radius 2 is 1.61 bits per heavy atom. The van der Waals surface area contributed by atoms with Crippen LogP contribution in [0.3, 0.4) is 0 Å². The molecular weight excluding hydrogens is 430 g/mol. The largest absolute Gasteiger partial charge is 0.492 e. The molecule has 3 heterocycles. The molecule has 0 saturated carbocycles. The molecule has 0 bridgehead atoms. The molecule has 0 radical (unpaired) electrons. The van der Waals surface area contributed by atoms with Gasteiger partial charge in [-0.1, -0.05) is 74.6 Å². The fourth-order valence-corrected chi connectivity index (χ4v) is 5.72. The van der Waals surface area contributed by atoms with Crippen LogP contribution in [0.25, 0.3) is 4.96 Å². The molecule has 1 aliphatic rings. The van der Waals surface area contributed by atoms with E-state index < -0.39 is 0 Å². The summed E-state index contributed by atoms with van der Waals surface area (Å²) < 4.78 is 1.61. The number of hydrogen-bond donors (Lipinski definition) is 1. The molecular formula is C26H31N5OS. The van der Waals surface area contributed by atoms with Gasteiger partial charge in [-0.3, -0.25) is 4.90 Å². The Labute approximate surface area is 199 Å². The van der Waals surface area contributed by atoms with E-state index in [9.17, 15) is 5.11 Å². The standard InChI is InChI=1S/C26H31N5OS/c1-4-22-27-26-31(28-22)25(32)24(33-26)23(20-12-10-19(11-13-20)18(2)3)30-16-14-29(15-17-30)21-8-6-5-7-9-21/h5-13,18,23,32H,4,14-17H2,1-3H3/t23-/m0/s1. The van der Waals surface area contributed by atoms with Gasteiger partial charge in [-0.05, 0) is 29.2 Å². The van der Waals surface area contributed by atoms with Crippen molar-refractivity contribution in [3.63, 3.8) is 0 Å². The van der Waals surface area contributed by atoms with Crippen LogP contribution in [0.4, 0.5) is 5.69 Å². The van der Waals surface area contributed by atoms with Crippen molar-refractivity contribution in [3.05, 3.63) is 76.4 Å². The lowest BCUT2D eigenvalue weighted by Gasteiger charge is -2.40. The molecule has 172 valence electrons. The maximum atomic E-state index is 11.2. The van der Waals surface area contributed by atoms with E-state index in [1.54, 1.807) is 15.9 Å². The fraction of sp³-hybridized carbons (Fsp3) is 0.385. The number of hydrogen-bond acceptors (Lipinski definition) is 6. The molecule has 0 aliphatic carbocycles. The molecule has 1 N–H and O–H groups in total. The topological polar surface area (TPSA) is 56.9 Å². The highest BCUT2D eigenvalue weighted by Gasteiger charge is 2.32. The monoisotopic (exact) mass is 461 g/mol. The molecule has 4 aromatic rings. The molecule has 0 spiro atoms. The highest BCUT2D eigenvalue weighted by atomic mass is 32.1. The number of aromatic hydroxyl groups is 1. The third-order valence-corrected chi connectivity index (χ3v) is 7.60. The Kier molecular flexibility index (Phi) is 6.08. The zero-order chi connectivity index (χ0) is 22.9. The lowest BCUT2D eigenvalue weighted by Crippen LogP contribution is -2.47. The minimum absolute atomic E-state index is 0.0253. The number of anilines is 1. The van der Waals surface area contributed by atoms with Crippen molar-refractivity contribution in [1.29, 1.82) is 0 Å². The van der Waals surface area contributed by atoms with Crippen LogP contribution in [-0.4, -0.2) is 50.8 Å². The zero-order valence-electron chi connectivity index (χ0n) is 19.5. The van der Waals surface area contributed by atoms with E-state index in [1.807, 2.05) is 6.92 Å². The predicted molar refractivity (Wildman–Crippen MR) is 135 cm³/mol. The predicted octanol–water partition coefficient (Wildman–Crippen LogP) is 5.09. The minimum Gasteiger partial charge on any atom is -0.492 e. The Bertz CT molecular complexity index is 1210. The molecule has 6 nitrogen and oxygen atoms in total. The number of piperazine rings is 1. The zero-order valence-corrected chi connectivity index (χ0v) is 20.3. The normalized spacial score (nSPS) is 16.1. The van der Waals surface area contributed by atoms with E-state index in [4.69, 9.17) is 0 Å². The van der Waals surface area contributed by atoms with Crippen molar-refractivity contribution >= 4 is 22.0 Å². The maximum absolute atomic E-state index is 11.2. The lowest BCUT2D eigenvalue weighted by atomic mass is 9.97. The Morgan fingerprint density at radius 3 is 2.21 bits per heavy atom. The van der Waals surface area contributed by atoms with Crippen LogP contribution in [-0.2, 0) is 6.42 Å². The Balaban J connectivity index is 1.48. The van der Waals surface area contributed by atoms with Gasteiger partial charge >= 0.3 is 0 Å². The Morgan fingerprint density at radius 1 is 0.939 bits per heavy atom. The van der Waals surface area contributed by atoms with E-state index >= 15 is 0 Å². The van der Waals surface area contributed by atoms with E-state index in [0.29, 0.717) is 5.92 Å². The molecule has 0 amide bonds. The first-order valence-electron chi connectivity index (χ1n) is 11.8. The summed E-state index contributed by atoms with van der Waals surface area (Å²) in [5.74, 6) is 1.46. The van der Waals surface area contributed by atoms with Crippen molar-refractivity contribution in [1.82, 2.24) is 19.5 Å². The van der Waals surface area contributed by atoms with Crippen molar-refractivity contribution in [2.75, 3.05) is 31.1 Å². The van der Waals surface area contributed by atoms with Gasteiger partial charge in [0.25, 0.3) is 0 Å². The van der Waals surface area contributed by atoms with Crippen molar-refractivity contribution in [3.8, 4) is 5.88 Å². The first-order valence-corrected chi connectivity index (χ1v) is 12.6. The molecule has 0 unspecified atom stereocenters. The number of fused-ring (bicyclic) bond motifs is 1. The summed E-state index contributed by atoms with van der Waals surface area (Å²) in [7, 11) is 0. The number of benzene rings is 2. The van der Waals surface area contributed by atoms with Crippen LogP contribution in [0.2, 0.25) is 0 Å². The average molecular weight is 462 g/mol. The highest BCUT2D eigenvalue weighted by molar-refractivity contribution is 7.17. The summed E-state index contributed by atoms with van der Waals surface area (Å²) in [5.41, 5.74) is 3.79. The van der Waals surface area contributed by atoms with Crippen molar-refractivity contribution in [2.24, 2.45) is 0 Å². The number of aromatic nitrogens is 3. The van der Waals surface area contributed by atoms with Crippen LogP contribution in [0, 0.1) is 0 Å². The number of thiazole rings is 1. The first-order chi connectivity index (χ1) is 16.0. The van der Waals surface area contributed by atoms with Gasteiger partial charge in [-0.25, -0.2) is 4.98 Å². The second kappa shape index (κ2) is 9.15. The van der Waals surface area contributed by atoms with Gasteiger partial charge in [0.2, 0.25) is 10.8 Å². The summed E-state index contributed by atoms with van der Waals surface area (Å²) in [4.78, 5) is 11.2. The minimum atomic E-state index is -0.0253. The summed E-state index contributed by atoms with van der Waals surface area (Å²) in [5, 5.41) is 15.7. The van der Waals surface area contributed by atoms with Gasteiger partial charge in [-0.2, -0.15) is 4.52 Å². The van der Waals surface area contributed by atoms with Gasteiger partial charge in [0.1, 0.15) is 0 Å². The van der Waals surface area contributed by atoms with Crippen LogP contribution in [0.5, 0.6) is 5.88 Å². The molecule has 2 aromatic heterocycles. The van der Waals surface area contributed by atoms with Crippen LogP contribution >= 0.6 is 11.3 Å². The second-order valence-corrected chi connectivity index (χ2v) is 9.96. The third kappa shape index (κ3) is 4.23. The van der Waals surface area contributed by atoms with Gasteiger partial charge in [0.15, 0.2) is 5.82 Å². The SMILES string of the molecule is CCc1nc2sc([C@H](c3ccc(C(C)C)cc3)N3CCN(c4ccccc4)CC3)c(O)n2n1. The first kappa shape index (κ1) is 21.9. The highest BCUT2D eigenvalue weighted by Crippen LogP contribution is 2.40. The number of rotatable bonds is 6. The van der Waals surface area contributed by atoms with E-state index in [1.165, 1.54) is 16.8 Å². The van der Waals surface area contributed by atoms with E-state index in [0.717, 1.165) is 48.3 Å². The average Bonchev–Trinajstić information content (AvgIpc) is 3.39. The van der Waals surface area contributed by atoms with Gasteiger partial charge in [0, 0.05) is 38.3 Å². The van der Waals surface area contributed by atoms with E-state index in [-0.39, 0.29) is 11.9 Å². The van der Waals surface area contributed by atoms with Crippen LogP contribution in [0.1, 0.15) is 54.6 Å². The smallest absolute Gasteiger partial charge is 0.230 e. The number of aryl methyl sites for hydroxylation is 1. The molecule has 1 aliphatic heterocycles. The lowest BCUT2D eigenvalue weighted by molar-refractivity contribution is 0.211. The molecule has 1 saturated heterocycles. The van der Waals surface area contributed by atoms with Crippen LogP contribution < -0.4 is 4.90 Å². The van der Waals surface area contributed by atoms with Gasteiger partial charge < -0.3 is 10.0 Å². The molecule has 1 atom stereocenters. The fourth-order valence-electron chi connectivity index (χ4n) is 4.59. The number of nitrogens with zero attached hydrogens (tertiary/aromatic N) is 5. The molecule has 33 heavy (non-hydrogen) atoms. The third-order valence-electron chi connectivity index (χ3n) is 6.53. The maximum Gasteiger partial charge on any atom is 0.230 e. The van der Waals surface area contributed by atoms with Crippen molar-refractivity contribution < 1.29 is 5.11 Å². The molecule has 5 rings (SSSR count). The second-order valence-electron chi connectivity index (χ2n) is 8.95. The van der Waals surface area contributed by atoms with Crippen molar-refractivity contribution in [2.45, 2.75) is 39.2 Å². The van der Waals surface area contributed by atoms with Gasteiger partial charge in [0.05, 0.1) is 10.9 Å².